The summed E-state index contributed by atoms with van der Waals surface area (Å²) in [5.41, 5.74) is 2.09. The molecule has 1 fully saturated rings. The Morgan fingerprint density at radius 1 is 0.926 bits per heavy atom. The molecule has 1 N–H and O–H groups in total. The Bertz CT molecular complexity index is 573. The predicted octanol–water partition coefficient (Wildman–Crippen LogP) is 6.20. The topological polar surface area (TPSA) is 32.3 Å². The van der Waals surface area contributed by atoms with Gasteiger partial charge in [-0.15, -0.1) is 0 Å². The van der Waals surface area contributed by atoms with Gasteiger partial charge in [0, 0.05) is 23.7 Å². The van der Waals surface area contributed by atoms with Gasteiger partial charge in [-0.2, -0.15) is 0 Å². The van der Waals surface area contributed by atoms with Crippen molar-refractivity contribution >= 4 is 5.91 Å². The molecule has 0 radical (unpaired) electrons. The first kappa shape index (κ1) is 20.4. The molecule has 0 spiro atoms. The van der Waals surface area contributed by atoms with Crippen molar-refractivity contribution < 1.29 is 4.79 Å². The number of nitrogens with one attached hydrogen (secondary N) is 1. The second kappa shape index (κ2) is 10.8. The van der Waals surface area contributed by atoms with Gasteiger partial charge >= 0.3 is 0 Å². The molecule has 1 amide bonds. The lowest BCUT2D eigenvalue weighted by atomic mass is 9.97. The third-order valence-corrected chi connectivity index (χ3v) is 6.31. The number of amides is 1. The second-order valence-corrected chi connectivity index (χ2v) is 8.46. The third kappa shape index (κ3) is 5.57. The van der Waals surface area contributed by atoms with E-state index in [9.17, 15) is 4.79 Å². The van der Waals surface area contributed by atoms with Crippen LogP contribution in [-0.4, -0.2) is 23.4 Å². The molecule has 1 saturated carbocycles. The Labute approximate surface area is 165 Å². The monoisotopic (exact) mass is 370 g/mol. The predicted molar refractivity (Wildman–Crippen MR) is 113 cm³/mol. The second-order valence-electron chi connectivity index (χ2n) is 8.46. The molecule has 3 nitrogen and oxygen atoms in total. The average molecular weight is 371 g/mol. The van der Waals surface area contributed by atoms with Crippen molar-refractivity contribution in [1.29, 1.82) is 0 Å². The number of benzene rings is 1. The third-order valence-electron chi connectivity index (χ3n) is 6.31. The Balaban J connectivity index is 1.69. The fourth-order valence-electron chi connectivity index (χ4n) is 4.66. The number of hydrogen-bond acceptors (Lipinski definition) is 2. The normalized spacial score (nSPS) is 22.9. The van der Waals surface area contributed by atoms with Crippen molar-refractivity contribution in [3.05, 3.63) is 35.4 Å². The molecular weight excluding hydrogens is 332 g/mol. The fourth-order valence-corrected chi connectivity index (χ4v) is 4.66. The number of carbonyl (C=O) groups is 1. The van der Waals surface area contributed by atoms with Gasteiger partial charge in [0.25, 0.3) is 5.91 Å². The zero-order valence-corrected chi connectivity index (χ0v) is 17.2. The van der Waals surface area contributed by atoms with E-state index in [1.807, 2.05) is 12.1 Å². The average Bonchev–Trinajstić information content (AvgIpc) is 2.94. The fraction of sp³-hybridized carbons (Fsp3) is 0.708. The highest BCUT2D eigenvalue weighted by Gasteiger charge is 2.36. The van der Waals surface area contributed by atoms with Crippen molar-refractivity contribution in [2.75, 3.05) is 6.54 Å². The molecule has 3 rings (SSSR count). The molecular formula is C24H38N2O. The first-order valence-corrected chi connectivity index (χ1v) is 11.5. The van der Waals surface area contributed by atoms with Crippen molar-refractivity contribution in [3.63, 3.8) is 0 Å². The molecule has 0 aromatic heterocycles. The molecule has 1 aliphatic heterocycles. The van der Waals surface area contributed by atoms with Gasteiger partial charge in [-0.05, 0) is 25.3 Å². The molecule has 0 saturated heterocycles. The Hall–Kier alpha value is -1.35. The van der Waals surface area contributed by atoms with Crippen LogP contribution in [0.5, 0.6) is 0 Å². The molecule has 1 aliphatic carbocycles. The summed E-state index contributed by atoms with van der Waals surface area (Å²) in [7, 11) is 0. The summed E-state index contributed by atoms with van der Waals surface area (Å²) in [5, 5.41) is 3.92. The Kier molecular flexibility index (Phi) is 8.19. The Morgan fingerprint density at radius 2 is 1.52 bits per heavy atom. The molecule has 1 heterocycles. The minimum atomic E-state index is 0.0677. The number of unbranched alkanes of at least 4 members (excludes halogenated alkanes) is 1. The largest absolute Gasteiger partial charge is 0.319 e. The summed E-state index contributed by atoms with van der Waals surface area (Å²) < 4.78 is 0. The van der Waals surface area contributed by atoms with Crippen molar-refractivity contribution in [2.45, 2.75) is 103 Å². The van der Waals surface area contributed by atoms with Crippen LogP contribution >= 0.6 is 0 Å². The van der Waals surface area contributed by atoms with E-state index >= 15 is 0 Å². The van der Waals surface area contributed by atoms with Gasteiger partial charge in [-0.1, -0.05) is 89.3 Å². The van der Waals surface area contributed by atoms with E-state index < -0.39 is 0 Å². The molecule has 150 valence electrons. The van der Waals surface area contributed by atoms with Gasteiger partial charge in [-0.25, -0.2) is 0 Å². The van der Waals surface area contributed by atoms with E-state index in [1.165, 1.54) is 76.2 Å². The molecule has 1 atom stereocenters. The van der Waals surface area contributed by atoms with E-state index in [0.717, 1.165) is 24.9 Å². The number of fused-ring (bicyclic) bond motifs is 1. The zero-order chi connectivity index (χ0) is 18.9. The minimum Gasteiger partial charge on any atom is -0.319 e. The highest BCUT2D eigenvalue weighted by Crippen LogP contribution is 2.33. The van der Waals surface area contributed by atoms with E-state index in [4.69, 9.17) is 0 Å². The molecule has 1 aromatic carbocycles. The van der Waals surface area contributed by atoms with E-state index in [2.05, 4.69) is 29.3 Å². The van der Waals surface area contributed by atoms with Crippen LogP contribution in [0, 0.1) is 0 Å². The van der Waals surface area contributed by atoms with Crippen LogP contribution < -0.4 is 5.32 Å². The first-order chi connectivity index (χ1) is 13.3. The van der Waals surface area contributed by atoms with Gasteiger partial charge < -0.3 is 4.90 Å². The molecule has 1 aromatic rings. The van der Waals surface area contributed by atoms with Gasteiger partial charge in [-0.3, -0.25) is 10.1 Å². The maximum atomic E-state index is 12.9. The van der Waals surface area contributed by atoms with Crippen LogP contribution in [0.1, 0.15) is 112 Å². The van der Waals surface area contributed by atoms with Crippen LogP contribution in [-0.2, 0) is 0 Å². The smallest absolute Gasteiger partial charge is 0.255 e. The number of rotatable bonds is 5. The first-order valence-electron chi connectivity index (χ1n) is 11.5. The van der Waals surface area contributed by atoms with Gasteiger partial charge in [0.1, 0.15) is 6.17 Å². The quantitative estimate of drug-likeness (QED) is 0.669. The molecule has 0 unspecified atom stereocenters. The standard InChI is InChI=1S/C24H38N2O/c1-2-3-19-26-23(21-17-13-14-18-22(21)24(26)27)25-20-15-11-9-7-5-4-6-8-10-12-16-20/h13-14,17-18,20,23,25H,2-12,15-16,19H2,1H3/t23-/m0/s1. The summed E-state index contributed by atoms with van der Waals surface area (Å²) in [4.78, 5) is 15.0. The van der Waals surface area contributed by atoms with E-state index in [1.54, 1.807) is 0 Å². The summed E-state index contributed by atoms with van der Waals surface area (Å²) >= 11 is 0. The number of hydrogen-bond donors (Lipinski definition) is 1. The van der Waals surface area contributed by atoms with E-state index in [0.29, 0.717) is 6.04 Å². The molecule has 27 heavy (non-hydrogen) atoms. The molecule has 2 aliphatic rings. The summed E-state index contributed by atoms with van der Waals surface area (Å²) in [6, 6.07) is 8.74. The zero-order valence-electron chi connectivity index (χ0n) is 17.2. The SMILES string of the molecule is CCCCN1C(=O)c2ccccc2[C@H]1NC1CCCCCCCCCCC1. The summed E-state index contributed by atoms with van der Waals surface area (Å²) in [5.74, 6) is 0.213. The minimum absolute atomic E-state index is 0.0677. The van der Waals surface area contributed by atoms with Gasteiger partial charge in [0.2, 0.25) is 0 Å². The van der Waals surface area contributed by atoms with Crippen LogP contribution in [0.4, 0.5) is 0 Å². The van der Waals surface area contributed by atoms with Crippen LogP contribution in [0.15, 0.2) is 24.3 Å². The Morgan fingerprint density at radius 3 is 2.15 bits per heavy atom. The van der Waals surface area contributed by atoms with Gasteiger partial charge in [0.05, 0.1) is 0 Å². The van der Waals surface area contributed by atoms with Crippen LogP contribution in [0.2, 0.25) is 0 Å². The maximum absolute atomic E-state index is 12.9. The van der Waals surface area contributed by atoms with Crippen molar-refractivity contribution in [2.24, 2.45) is 0 Å². The van der Waals surface area contributed by atoms with Crippen LogP contribution in [0.25, 0.3) is 0 Å². The molecule has 3 heteroatoms. The van der Waals surface area contributed by atoms with Crippen molar-refractivity contribution in [1.82, 2.24) is 10.2 Å². The van der Waals surface area contributed by atoms with Gasteiger partial charge in [0.15, 0.2) is 0 Å². The lowest BCUT2D eigenvalue weighted by Crippen LogP contribution is -2.42. The molecule has 0 bridgehead atoms. The number of nitrogens with zero attached hydrogens (tertiary/aromatic N) is 1. The number of carbonyl (C=O) groups excluding carboxylic acids is 1. The van der Waals surface area contributed by atoms with Crippen LogP contribution in [0.3, 0.4) is 0 Å². The highest BCUT2D eigenvalue weighted by molar-refractivity contribution is 5.99. The lowest BCUT2D eigenvalue weighted by Gasteiger charge is -2.31. The lowest BCUT2D eigenvalue weighted by molar-refractivity contribution is 0.0674. The summed E-state index contributed by atoms with van der Waals surface area (Å²) in [6.07, 6.45) is 17.1. The van der Waals surface area contributed by atoms with E-state index in [-0.39, 0.29) is 12.1 Å². The van der Waals surface area contributed by atoms with Crippen molar-refractivity contribution in [3.8, 4) is 0 Å². The highest BCUT2D eigenvalue weighted by atomic mass is 16.2. The maximum Gasteiger partial charge on any atom is 0.255 e. The summed E-state index contributed by atoms with van der Waals surface area (Å²) in [6.45, 7) is 3.05.